The van der Waals surface area contributed by atoms with E-state index >= 15 is 0 Å². The molecule has 18 heavy (non-hydrogen) atoms. The van der Waals surface area contributed by atoms with Gasteiger partial charge in [-0.3, -0.25) is 0 Å². The van der Waals surface area contributed by atoms with Gasteiger partial charge in [-0.05, 0) is 17.7 Å². The van der Waals surface area contributed by atoms with Crippen LogP contribution in [0.2, 0.25) is 5.02 Å². The minimum Gasteiger partial charge on any atom is -0.324 e. The normalized spacial score (nSPS) is 10.9. The molecule has 0 amide bonds. The minimum absolute atomic E-state index is 0.132. The summed E-state index contributed by atoms with van der Waals surface area (Å²) in [6, 6.07) is 4.77. The minimum atomic E-state index is -0.407. The van der Waals surface area contributed by atoms with Crippen LogP contribution in [0.5, 0.6) is 0 Å². The number of halogens is 2. The van der Waals surface area contributed by atoms with Crippen LogP contribution in [0.15, 0.2) is 23.4 Å². The number of nitrogens with two attached hydrogens (primary N) is 1. The highest BCUT2D eigenvalue weighted by Gasteiger charge is 2.08. The molecule has 0 aliphatic carbocycles. The molecule has 0 radical (unpaired) electrons. The molecular weight excluding hydrogens is 275 g/mol. The lowest BCUT2D eigenvalue weighted by Gasteiger charge is -2.03. The van der Waals surface area contributed by atoms with Crippen molar-refractivity contribution >= 4 is 23.4 Å². The first-order valence-corrected chi connectivity index (χ1v) is 6.63. The van der Waals surface area contributed by atoms with Gasteiger partial charge in [-0.2, -0.15) is 0 Å². The lowest BCUT2D eigenvalue weighted by Crippen LogP contribution is -2.05. The van der Waals surface area contributed by atoms with Crippen molar-refractivity contribution in [3.8, 4) is 0 Å². The van der Waals surface area contributed by atoms with Crippen LogP contribution in [-0.2, 0) is 19.3 Å². The number of hydrogen-bond donors (Lipinski definition) is 1. The van der Waals surface area contributed by atoms with Crippen molar-refractivity contribution in [3.63, 3.8) is 0 Å². The van der Waals surface area contributed by atoms with Crippen LogP contribution in [0.4, 0.5) is 4.39 Å². The fraction of sp³-hybridized carbons (Fsp3) is 0.273. The largest absolute Gasteiger partial charge is 0.324 e. The Morgan fingerprint density at radius 1 is 1.44 bits per heavy atom. The fourth-order valence-corrected chi connectivity index (χ4v) is 2.42. The predicted octanol–water partition coefficient (Wildman–Crippen LogP) is 2.36. The first-order chi connectivity index (χ1) is 8.61. The zero-order chi connectivity index (χ0) is 13.1. The standard InChI is InChI=1S/C11H12ClFN4S/c1-17-10(5-14)15-16-11(17)18-6-7-2-3-8(12)9(13)4-7/h2-4H,5-6,14H2,1H3. The lowest BCUT2D eigenvalue weighted by molar-refractivity contribution is 0.627. The quantitative estimate of drug-likeness (QED) is 0.877. The predicted molar refractivity (Wildman–Crippen MR) is 69.9 cm³/mol. The summed E-state index contributed by atoms with van der Waals surface area (Å²) in [5, 5.41) is 8.86. The molecule has 0 bridgehead atoms. The Morgan fingerprint density at radius 3 is 2.83 bits per heavy atom. The van der Waals surface area contributed by atoms with Crippen molar-refractivity contribution < 1.29 is 4.39 Å². The summed E-state index contributed by atoms with van der Waals surface area (Å²) in [5.41, 5.74) is 6.36. The van der Waals surface area contributed by atoms with Crippen molar-refractivity contribution in [1.82, 2.24) is 14.8 Å². The van der Waals surface area contributed by atoms with Gasteiger partial charge in [0.1, 0.15) is 11.6 Å². The summed E-state index contributed by atoms with van der Waals surface area (Å²) in [5.74, 6) is 0.917. The van der Waals surface area contributed by atoms with E-state index in [0.717, 1.165) is 16.5 Å². The first-order valence-electron chi connectivity index (χ1n) is 5.27. The molecule has 0 fully saturated rings. The van der Waals surface area contributed by atoms with Gasteiger partial charge in [-0.15, -0.1) is 10.2 Å². The van der Waals surface area contributed by atoms with Gasteiger partial charge in [0.15, 0.2) is 5.16 Å². The summed E-state index contributed by atoms with van der Waals surface area (Å²) in [6.45, 7) is 0.347. The average molecular weight is 287 g/mol. The van der Waals surface area contributed by atoms with Crippen LogP contribution in [0.3, 0.4) is 0 Å². The summed E-state index contributed by atoms with van der Waals surface area (Å²) >= 11 is 7.10. The van der Waals surface area contributed by atoms with Gasteiger partial charge in [-0.25, -0.2) is 4.39 Å². The molecule has 0 unspecified atom stereocenters. The van der Waals surface area contributed by atoms with Gasteiger partial charge in [0.05, 0.1) is 11.6 Å². The summed E-state index contributed by atoms with van der Waals surface area (Å²) in [6.07, 6.45) is 0. The second kappa shape index (κ2) is 5.69. The molecule has 0 atom stereocenters. The number of benzene rings is 1. The maximum atomic E-state index is 13.3. The molecule has 1 aromatic carbocycles. The van der Waals surface area contributed by atoms with Crippen molar-refractivity contribution in [2.24, 2.45) is 12.8 Å². The van der Waals surface area contributed by atoms with Crippen molar-refractivity contribution in [3.05, 3.63) is 40.4 Å². The maximum absolute atomic E-state index is 13.3. The number of hydrogen-bond acceptors (Lipinski definition) is 4. The van der Waals surface area contributed by atoms with E-state index in [-0.39, 0.29) is 5.02 Å². The molecule has 0 saturated carbocycles. The van der Waals surface area contributed by atoms with Crippen LogP contribution in [0.25, 0.3) is 0 Å². The molecule has 96 valence electrons. The van der Waals surface area contributed by atoms with E-state index in [1.165, 1.54) is 17.8 Å². The van der Waals surface area contributed by atoms with Gasteiger partial charge >= 0.3 is 0 Å². The summed E-state index contributed by atoms with van der Waals surface area (Å²) in [4.78, 5) is 0. The number of aromatic nitrogens is 3. The maximum Gasteiger partial charge on any atom is 0.191 e. The van der Waals surface area contributed by atoms with Crippen LogP contribution in [0.1, 0.15) is 11.4 Å². The van der Waals surface area contributed by atoms with E-state index in [4.69, 9.17) is 17.3 Å². The first kappa shape index (κ1) is 13.3. The van der Waals surface area contributed by atoms with E-state index in [0.29, 0.717) is 12.3 Å². The Hall–Kier alpha value is -1.11. The van der Waals surface area contributed by atoms with Gasteiger partial charge in [-0.1, -0.05) is 29.4 Å². The molecule has 1 heterocycles. The zero-order valence-electron chi connectivity index (χ0n) is 9.73. The van der Waals surface area contributed by atoms with E-state index < -0.39 is 5.82 Å². The van der Waals surface area contributed by atoms with Crippen LogP contribution in [0, 0.1) is 5.82 Å². The van der Waals surface area contributed by atoms with Crippen molar-refractivity contribution in [2.75, 3.05) is 0 Å². The van der Waals surface area contributed by atoms with Crippen molar-refractivity contribution in [2.45, 2.75) is 17.5 Å². The summed E-state index contributed by atoms with van der Waals surface area (Å²) in [7, 11) is 1.85. The summed E-state index contributed by atoms with van der Waals surface area (Å²) < 4.78 is 15.1. The van der Waals surface area contributed by atoms with E-state index in [1.807, 2.05) is 11.6 Å². The van der Waals surface area contributed by atoms with Crippen LogP contribution in [-0.4, -0.2) is 14.8 Å². The molecule has 4 nitrogen and oxygen atoms in total. The lowest BCUT2D eigenvalue weighted by atomic mass is 10.2. The number of rotatable bonds is 4. The van der Waals surface area contributed by atoms with Gasteiger partial charge in [0.2, 0.25) is 0 Å². The van der Waals surface area contributed by atoms with E-state index in [9.17, 15) is 4.39 Å². The Morgan fingerprint density at radius 2 is 2.22 bits per heavy atom. The highest BCUT2D eigenvalue weighted by atomic mass is 35.5. The van der Waals surface area contributed by atoms with Gasteiger partial charge in [0.25, 0.3) is 0 Å². The van der Waals surface area contributed by atoms with Crippen LogP contribution < -0.4 is 5.73 Å². The van der Waals surface area contributed by atoms with Gasteiger partial charge < -0.3 is 10.3 Å². The molecule has 0 saturated heterocycles. The highest BCUT2D eigenvalue weighted by Crippen LogP contribution is 2.23. The third kappa shape index (κ3) is 2.82. The van der Waals surface area contributed by atoms with Crippen LogP contribution >= 0.6 is 23.4 Å². The molecule has 0 aliphatic heterocycles. The Bertz CT molecular complexity index is 558. The van der Waals surface area contributed by atoms with E-state index in [1.54, 1.807) is 12.1 Å². The second-order valence-electron chi connectivity index (χ2n) is 3.70. The molecule has 7 heteroatoms. The topological polar surface area (TPSA) is 56.7 Å². The van der Waals surface area contributed by atoms with E-state index in [2.05, 4.69) is 10.2 Å². The Labute approximate surface area is 113 Å². The molecule has 2 aromatic rings. The molecule has 2 N–H and O–H groups in total. The SMILES string of the molecule is Cn1c(CN)nnc1SCc1ccc(Cl)c(F)c1. The Balaban J connectivity index is 2.06. The highest BCUT2D eigenvalue weighted by molar-refractivity contribution is 7.98. The molecule has 2 rings (SSSR count). The fourth-order valence-electron chi connectivity index (χ4n) is 1.43. The molecule has 1 aromatic heterocycles. The van der Waals surface area contributed by atoms with Crippen molar-refractivity contribution in [1.29, 1.82) is 0 Å². The molecule has 0 spiro atoms. The third-order valence-corrected chi connectivity index (χ3v) is 3.86. The monoisotopic (exact) mass is 286 g/mol. The van der Waals surface area contributed by atoms with Gasteiger partial charge in [0, 0.05) is 12.8 Å². The Kier molecular flexibility index (Phi) is 4.21. The second-order valence-corrected chi connectivity index (χ2v) is 5.05. The molecule has 0 aliphatic rings. The molecular formula is C11H12ClFN4S. The number of thioether (sulfide) groups is 1. The zero-order valence-corrected chi connectivity index (χ0v) is 11.3. The third-order valence-electron chi connectivity index (χ3n) is 2.46. The average Bonchev–Trinajstić information content (AvgIpc) is 2.72. The smallest absolute Gasteiger partial charge is 0.191 e. The number of nitrogens with zero attached hydrogens (tertiary/aromatic N) is 3.